The van der Waals surface area contributed by atoms with Crippen LogP contribution in [-0.4, -0.2) is 17.5 Å². The largest absolute Gasteiger partial charge is 0.484 e. The second-order valence-electron chi connectivity index (χ2n) is 8.32. The number of rotatable bonds is 5. The molecule has 0 saturated heterocycles. The Morgan fingerprint density at radius 3 is 2.55 bits per heavy atom. The number of fused-ring (bicyclic) bond motifs is 1. The zero-order chi connectivity index (χ0) is 22.0. The highest BCUT2D eigenvalue weighted by molar-refractivity contribution is 9.10. The van der Waals surface area contributed by atoms with Gasteiger partial charge in [-0.05, 0) is 59.5 Å². The molecule has 158 valence electrons. The van der Waals surface area contributed by atoms with Crippen molar-refractivity contribution in [1.29, 1.82) is 0 Å². The zero-order valence-electron chi connectivity index (χ0n) is 17.6. The summed E-state index contributed by atoms with van der Waals surface area (Å²) in [6, 6.07) is 20.9. The maximum absolute atomic E-state index is 12.3. The van der Waals surface area contributed by atoms with E-state index in [0.717, 1.165) is 10.0 Å². The van der Waals surface area contributed by atoms with Gasteiger partial charge in [0.2, 0.25) is 5.89 Å². The van der Waals surface area contributed by atoms with E-state index in [-0.39, 0.29) is 17.9 Å². The van der Waals surface area contributed by atoms with Gasteiger partial charge in [-0.15, -0.1) is 0 Å². The Morgan fingerprint density at radius 1 is 1.06 bits per heavy atom. The first-order valence-corrected chi connectivity index (χ1v) is 10.8. The average molecular weight is 479 g/mol. The minimum absolute atomic E-state index is 0.0744. The van der Waals surface area contributed by atoms with Crippen LogP contribution in [0.3, 0.4) is 0 Å². The van der Waals surface area contributed by atoms with Crippen molar-refractivity contribution in [2.75, 3.05) is 11.9 Å². The molecule has 1 N–H and O–H groups in total. The highest BCUT2D eigenvalue weighted by Crippen LogP contribution is 2.28. The SMILES string of the molecule is CC(C)(C)c1ccc(OCC(=O)Nc2ccc3oc(-c4cccc(Br)c4)nc3c2)cc1. The first-order valence-electron chi connectivity index (χ1n) is 9.98. The minimum atomic E-state index is -0.241. The maximum Gasteiger partial charge on any atom is 0.262 e. The van der Waals surface area contributed by atoms with E-state index in [9.17, 15) is 4.79 Å². The Bertz CT molecular complexity index is 1220. The lowest BCUT2D eigenvalue weighted by molar-refractivity contribution is -0.118. The van der Waals surface area contributed by atoms with Gasteiger partial charge in [-0.2, -0.15) is 0 Å². The van der Waals surface area contributed by atoms with E-state index in [4.69, 9.17) is 9.15 Å². The highest BCUT2D eigenvalue weighted by Gasteiger charge is 2.14. The van der Waals surface area contributed by atoms with E-state index in [2.05, 4.69) is 47.0 Å². The number of hydrogen-bond donors (Lipinski definition) is 1. The van der Waals surface area contributed by atoms with E-state index in [1.165, 1.54) is 5.56 Å². The summed E-state index contributed by atoms with van der Waals surface area (Å²) >= 11 is 3.46. The van der Waals surface area contributed by atoms with Crippen LogP contribution in [0.1, 0.15) is 26.3 Å². The number of oxazole rings is 1. The van der Waals surface area contributed by atoms with Crippen molar-refractivity contribution in [3.63, 3.8) is 0 Å². The molecule has 0 aliphatic carbocycles. The molecular weight excluding hydrogens is 456 g/mol. The fourth-order valence-corrected chi connectivity index (χ4v) is 3.55. The predicted molar refractivity (Wildman–Crippen MR) is 126 cm³/mol. The fourth-order valence-electron chi connectivity index (χ4n) is 3.15. The summed E-state index contributed by atoms with van der Waals surface area (Å²) in [5.74, 6) is 0.950. The molecule has 0 fully saturated rings. The van der Waals surface area contributed by atoms with Gasteiger partial charge < -0.3 is 14.5 Å². The molecule has 0 aliphatic rings. The number of carbonyl (C=O) groups excluding carboxylic acids is 1. The third kappa shape index (κ3) is 5.14. The molecular formula is C25H23BrN2O3. The molecule has 31 heavy (non-hydrogen) atoms. The van der Waals surface area contributed by atoms with Gasteiger partial charge in [-0.3, -0.25) is 4.79 Å². The third-order valence-corrected chi connectivity index (χ3v) is 5.33. The van der Waals surface area contributed by atoms with Crippen molar-refractivity contribution < 1.29 is 13.9 Å². The number of nitrogens with one attached hydrogen (secondary N) is 1. The van der Waals surface area contributed by atoms with E-state index < -0.39 is 0 Å². The molecule has 1 amide bonds. The average Bonchev–Trinajstić information content (AvgIpc) is 3.15. The summed E-state index contributed by atoms with van der Waals surface area (Å²) in [4.78, 5) is 16.9. The number of hydrogen-bond acceptors (Lipinski definition) is 4. The molecule has 0 aliphatic heterocycles. The van der Waals surface area contributed by atoms with Gasteiger partial charge in [0.1, 0.15) is 11.3 Å². The lowest BCUT2D eigenvalue weighted by atomic mass is 9.87. The quantitative estimate of drug-likeness (QED) is 0.352. The molecule has 0 bridgehead atoms. The molecule has 0 unspecified atom stereocenters. The van der Waals surface area contributed by atoms with Crippen LogP contribution in [0, 0.1) is 0 Å². The first kappa shape index (κ1) is 21.1. The molecule has 0 radical (unpaired) electrons. The fraction of sp³-hybridized carbons (Fsp3) is 0.200. The summed E-state index contributed by atoms with van der Waals surface area (Å²) in [5, 5.41) is 2.84. The van der Waals surface area contributed by atoms with Gasteiger partial charge in [0, 0.05) is 15.7 Å². The van der Waals surface area contributed by atoms with E-state index >= 15 is 0 Å². The van der Waals surface area contributed by atoms with Gasteiger partial charge in [0.15, 0.2) is 12.2 Å². The van der Waals surface area contributed by atoms with Crippen LogP contribution in [0.15, 0.2) is 75.6 Å². The van der Waals surface area contributed by atoms with Crippen molar-refractivity contribution in [3.05, 3.63) is 76.8 Å². The maximum atomic E-state index is 12.3. The van der Waals surface area contributed by atoms with Crippen molar-refractivity contribution in [3.8, 4) is 17.2 Å². The Kier molecular flexibility index (Phi) is 5.83. The second kappa shape index (κ2) is 8.55. The van der Waals surface area contributed by atoms with Crippen molar-refractivity contribution >= 4 is 38.6 Å². The molecule has 1 aromatic heterocycles. The molecule has 3 aromatic carbocycles. The minimum Gasteiger partial charge on any atom is -0.484 e. The molecule has 0 saturated carbocycles. The lowest BCUT2D eigenvalue weighted by Crippen LogP contribution is -2.20. The number of ether oxygens (including phenoxy) is 1. The molecule has 0 atom stereocenters. The smallest absolute Gasteiger partial charge is 0.262 e. The molecule has 0 spiro atoms. The first-order chi connectivity index (χ1) is 14.8. The summed E-state index contributed by atoms with van der Waals surface area (Å²) in [6.45, 7) is 6.40. The number of benzene rings is 3. The van der Waals surface area contributed by atoms with Crippen LogP contribution in [0.4, 0.5) is 5.69 Å². The topological polar surface area (TPSA) is 64.4 Å². The molecule has 6 heteroatoms. The zero-order valence-corrected chi connectivity index (χ0v) is 19.2. The van der Waals surface area contributed by atoms with Gasteiger partial charge in [0.05, 0.1) is 0 Å². The normalized spacial score (nSPS) is 11.5. The van der Waals surface area contributed by atoms with Gasteiger partial charge in [0.25, 0.3) is 5.91 Å². The summed E-state index contributed by atoms with van der Waals surface area (Å²) < 4.78 is 12.4. The van der Waals surface area contributed by atoms with Crippen LogP contribution < -0.4 is 10.1 Å². The Hall–Kier alpha value is -3.12. The Balaban J connectivity index is 1.40. The highest BCUT2D eigenvalue weighted by atomic mass is 79.9. The van der Waals surface area contributed by atoms with Crippen LogP contribution in [-0.2, 0) is 10.2 Å². The Morgan fingerprint density at radius 2 is 1.84 bits per heavy atom. The summed E-state index contributed by atoms with van der Waals surface area (Å²) in [5.41, 5.74) is 4.13. The molecule has 1 heterocycles. The number of amides is 1. The van der Waals surface area contributed by atoms with E-state index in [1.54, 1.807) is 18.2 Å². The summed E-state index contributed by atoms with van der Waals surface area (Å²) in [7, 11) is 0. The van der Waals surface area contributed by atoms with Crippen molar-refractivity contribution in [2.24, 2.45) is 0 Å². The number of halogens is 1. The van der Waals surface area contributed by atoms with Crippen molar-refractivity contribution in [1.82, 2.24) is 4.98 Å². The summed E-state index contributed by atoms with van der Waals surface area (Å²) in [6.07, 6.45) is 0. The number of nitrogens with zero attached hydrogens (tertiary/aromatic N) is 1. The van der Waals surface area contributed by atoms with Gasteiger partial charge >= 0.3 is 0 Å². The molecule has 4 aromatic rings. The van der Waals surface area contributed by atoms with Crippen LogP contribution in [0.5, 0.6) is 5.75 Å². The number of aromatic nitrogens is 1. The molecule has 4 rings (SSSR count). The van der Waals surface area contributed by atoms with E-state index in [0.29, 0.717) is 28.4 Å². The van der Waals surface area contributed by atoms with Crippen LogP contribution in [0.2, 0.25) is 0 Å². The number of carbonyl (C=O) groups is 1. The monoisotopic (exact) mass is 478 g/mol. The Labute approximate surface area is 189 Å². The van der Waals surface area contributed by atoms with Crippen molar-refractivity contribution in [2.45, 2.75) is 26.2 Å². The number of anilines is 1. The van der Waals surface area contributed by atoms with Gasteiger partial charge in [-0.25, -0.2) is 4.98 Å². The van der Waals surface area contributed by atoms with Crippen LogP contribution in [0.25, 0.3) is 22.6 Å². The second-order valence-corrected chi connectivity index (χ2v) is 9.24. The van der Waals surface area contributed by atoms with E-state index in [1.807, 2.05) is 48.5 Å². The standard InChI is InChI=1S/C25H23BrN2O3/c1-25(2,3)17-7-10-20(11-8-17)30-15-23(29)27-19-9-12-22-21(14-19)28-24(31-22)16-5-4-6-18(26)13-16/h4-14H,15H2,1-3H3,(H,27,29). The van der Waals surface area contributed by atoms with Crippen LogP contribution >= 0.6 is 15.9 Å². The third-order valence-electron chi connectivity index (χ3n) is 4.83. The predicted octanol–water partition coefficient (Wildman–Crippen LogP) is 6.57. The molecule has 5 nitrogen and oxygen atoms in total. The lowest BCUT2D eigenvalue weighted by Gasteiger charge is -2.19. The van der Waals surface area contributed by atoms with Gasteiger partial charge in [-0.1, -0.05) is 54.9 Å².